The number of nitrogens with zero attached hydrogens (tertiary/aromatic N) is 3. The van der Waals surface area contributed by atoms with E-state index in [-0.39, 0.29) is 5.91 Å². The van der Waals surface area contributed by atoms with E-state index in [0.29, 0.717) is 17.1 Å². The highest BCUT2D eigenvalue weighted by Gasteiger charge is 2.18. The predicted octanol–water partition coefficient (Wildman–Crippen LogP) is 2.35. The maximum Gasteiger partial charge on any atom is 0.253 e. The molecule has 5 heteroatoms. The summed E-state index contributed by atoms with van der Waals surface area (Å²) < 4.78 is 0. The van der Waals surface area contributed by atoms with Gasteiger partial charge in [0.15, 0.2) is 0 Å². The van der Waals surface area contributed by atoms with Crippen molar-refractivity contribution in [2.24, 2.45) is 0 Å². The Hall–Kier alpha value is -2.43. The minimum Gasteiger partial charge on any atom is -0.382 e. The Morgan fingerprint density at radius 2 is 1.95 bits per heavy atom. The van der Waals surface area contributed by atoms with Crippen molar-refractivity contribution in [3.63, 3.8) is 0 Å². The van der Waals surface area contributed by atoms with Gasteiger partial charge in [-0.1, -0.05) is 12.1 Å². The largest absolute Gasteiger partial charge is 0.382 e. The number of piperidine rings is 1. The zero-order chi connectivity index (χ0) is 14.7. The Morgan fingerprint density at radius 1 is 1.14 bits per heavy atom. The lowest BCUT2D eigenvalue weighted by Gasteiger charge is -2.26. The van der Waals surface area contributed by atoms with E-state index in [1.54, 1.807) is 6.20 Å². The molecule has 0 aliphatic carbocycles. The second-order valence-electron chi connectivity index (χ2n) is 5.26. The van der Waals surface area contributed by atoms with Crippen LogP contribution in [0.25, 0.3) is 11.3 Å². The fraction of sp³-hybridized carbons (Fsp3) is 0.312. The first-order valence-corrected chi connectivity index (χ1v) is 7.21. The minimum absolute atomic E-state index is 0.0911. The number of anilines is 1. The maximum atomic E-state index is 12.5. The molecule has 0 unspecified atom stereocenters. The van der Waals surface area contributed by atoms with E-state index < -0.39 is 0 Å². The van der Waals surface area contributed by atoms with Crippen LogP contribution >= 0.6 is 0 Å². The van der Waals surface area contributed by atoms with Crippen molar-refractivity contribution in [1.82, 2.24) is 14.9 Å². The third-order valence-electron chi connectivity index (χ3n) is 3.70. The van der Waals surface area contributed by atoms with Crippen LogP contribution in [0, 0.1) is 0 Å². The summed E-state index contributed by atoms with van der Waals surface area (Å²) in [4.78, 5) is 22.7. The van der Waals surface area contributed by atoms with Gasteiger partial charge in [0.2, 0.25) is 0 Å². The number of aromatic nitrogens is 2. The number of likely N-dealkylation sites (tertiary alicyclic amines) is 1. The minimum atomic E-state index is 0.0911. The molecule has 1 aliphatic heterocycles. The molecule has 1 aromatic heterocycles. The van der Waals surface area contributed by atoms with Gasteiger partial charge in [0.05, 0.1) is 18.1 Å². The van der Waals surface area contributed by atoms with Crippen LogP contribution in [0.1, 0.15) is 29.6 Å². The van der Waals surface area contributed by atoms with Crippen molar-refractivity contribution in [3.05, 3.63) is 42.2 Å². The molecule has 5 nitrogen and oxygen atoms in total. The Bertz CT molecular complexity index is 650. The van der Waals surface area contributed by atoms with Crippen molar-refractivity contribution in [2.45, 2.75) is 19.3 Å². The normalized spacial score (nSPS) is 15.0. The lowest BCUT2D eigenvalue weighted by atomic mass is 10.1. The first kappa shape index (κ1) is 13.5. The van der Waals surface area contributed by atoms with Gasteiger partial charge in [-0.2, -0.15) is 0 Å². The highest BCUT2D eigenvalue weighted by atomic mass is 16.2. The molecule has 0 radical (unpaired) electrons. The second kappa shape index (κ2) is 5.91. The summed E-state index contributed by atoms with van der Waals surface area (Å²) >= 11 is 0. The summed E-state index contributed by atoms with van der Waals surface area (Å²) in [7, 11) is 0. The molecule has 2 N–H and O–H groups in total. The van der Waals surface area contributed by atoms with Gasteiger partial charge >= 0.3 is 0 Å². The summed E-state index contributed by atoms with van der Waals surface area (Å²) in [6.45, 7) is 1.70. The number of rotatable bonds is 2. The number of nitrogen functional groups attached to an aromatic ring is 1. The van der Waals surface area contributed by atoms with Crippen molar-refractivity contribution < 1.29 is 4.79 Å². The average molecular weight is 282 g/mol. The van der Waals surface area contributed by atoms with Gasteiger partial charge in [-0.25, -0.2) is 4.98 Å². The molecule has 0 spiro atoms. The van der Waals surface area contributed by atoms with E-state index in [1.165, 1.54) is 12.6 Å². The number of nitrogens with two attached hydrogens (primary N) is 1. The number of hydrogen-bond donors (Lipinski definition) is 1. The molecule has 1 amide bonds. The number of hydrogen-bond acceptors (Lipinski definition) is 4. The van der Waals surface area contributed by atoms with Gasteiger partial charge in [-0.3, -0.25) is 9.78 Å². The van der Waals surface area contributed by atoms with Crippen LogP contribution in [-0.2, 0) is 0 Å². The van der Waals surface area contributed by atoms with Crippen molar-refractivity contribution in [2.75, 3.05) is 18.8 Å². The number of carbonyl (C=O) groups is 1. The summed E-state index contributed by atoms with van der Waals surface area (Å²) in [5.41, 5.74) is 7.90. The van der Waals surface area contributed by atoms with Crippen LogP contribution in [0.3, 0.4) is 0 Å². The molecule has 21 heavy (non-hydrogen) atoms. The summed E-state index contributed by atoms with van der Waals surface area (Å²) in [5.74, 6) is 0.466. The molecular formula is C16H18N4O. The van der Waals surface area contributed by atoms with Gasteiger partial charge in [0, 0.05) is 24.2 Å². The monoisotopic (exact) mass is 282 g/mol. The first-order chi connectivity index (χ1) is 10.2. The van der Waals surface area contributed by atoms with Crippen LogP contribution in [0.2, 0.25) is 0 Å². The fourth-order valence-corrected chi connectivity index (χ4v) is 2.61. The number of carbonyl (C=O) groups excluding carboxylic acids is 1. The summed E-state index contributed by atoms with van der Waals surface area (Å²) in [5, 5.41) is 0. The second-order valence-corrected chi connectivity index (χ2v) is 5.26. The molecule has 0 bridgehead atoms. The predicted molar refractivity (Wildman–Crippen MR) is 81.6 cm³/mol. The van der Waals surface area contributed by atoms with E-state index >= 15 is 0 Å². The quantitative estimate of drug-likeness (QED) is 0.917. The molecule has 1 fully saturated rings. The van der Waals surface area contributed by atoms with Crippen LogP contribution in [-0.4, -0.2) is 33.9 Å². The lowest BCUT2D eigenvalue weighted by molar-refractivity contribution is 0.0724. The molecular weight excluding hydrogens is 264 g/mol. The maximum absolute atomic E-state index is 12.5. The van der Waals surface area contributed by atoms with Crippen LogP contribution in [0.4, 0.5) is 5.82 Å². The van der Waals surface area contributed by atoms with E-state index in [1.807, 2.05) is 29.2 Å². The molecule has 2 heterocycles. The van der Waals surface area contributed by atoms with Crippen molar-refractivity contribution in [3.8, 4) is 11.3 Å². The van der Waals surface area contributed by atoms with Gasteiger partial charge in [0.1, 0.15) is 5.82 Å². The third-order valence-corrected chi connectivity index (χ3v) is 3.70. The van der Waals surface area contributed by atoms with Crippen molar-refractivity contribution in [1.29, 1.82) is 0 Å². The first-order valence-electron chi connectivity index (χ1n) is 7.21. The lowest BCUT2D eigenvalue weighted by Crippen LogP contribution is -2.35. The molecule has 2 aromatic rings. The number of amides is 1. The van der Waals surface area contributed by atoms with Gasteiger partial charge in [0.25, 0.3) is 5.91 Å². The van der Waals surface area contributed by atoms with E-state index in [0.717, 1.165) is 31.5 Å². The Morgan fingerprint density at radius 3 is 2.71 bits per heavy atom. The standard InChI is InChI=1S/C16H18N4O/c17-15-11-18-10-14(19-15)12-5-4-6-13(9-12)16(21)20-7-2-1-3-8-20/h4-6,9-11H,1-3,7-8H2,(H2,17,19). The SMILES string of the molecule is Nc1cncc(-c2cccc(C(=O)N3CCCCC3)c2)n1. The molecule has 3 rings (SSSR count). The van der Waals surface area contributed by atoms with E-state index in [4.69, 9.17) is 5.73 Å². The zero-order valence-corrected chi connectivity index (χ0v) is 11.8. The average Bonchev–Trinajstić information content (AvgIpc) is 2.55. The molecule has 0 atom stereocenters. The molecule has 1 saturated heterocycles. The smallest absolute Gasteiger partial charge is 0.253 e. The highest BCUT2D eigenvalue weighted by Crippen LogP contribution is 2.20. The summed E-state index contributed by atoms with van der Waals surface area (Å²) in [6.07, 6.45) is 6.55. The van der Waals surface area contributed by atoms with Crippen molar-refractivity contribution >= 4 is 11.7 Å². The van der Waals surface area contributed by atoms with Gasteiger partial charge in [-0.05, 0) is 31.4 Å². The fourth-order valence-electron chi connectivity index (χ4n) is 2.61. The summed E-state index contributed by atoms with van der Waals surface area (Å²) in [6, 6.07) is 7.49. The number of benzene rings is 1. The molecule has 108 valence electrons. The Labute approximate surface area is 123 Å². The molecule has 0 saturated carbocycles. The molecule has 1 aliphatic rings. The highest BCUT2D eigenvalue weighted by molar-refractivity contribution is 5.95. The van der Waals surface area contributed by atoms with Crippen LogP contribution < -0.4 is 5.73 Å². The zero-order valence-electron chi connectivity index (χ0n) is 11.8. The van der Waals surface area contributed by atoms with Gasteiger partial charge < -0.3 is 10.6 Å². The topological polar surface area (TPSA) is 72.1 Å². The van der Waals surface area contributed by atoms with Crippen LogP contribution in [0.15, 0.2) is 36.7 Å². The molecule has 1 aromatic carbocycles. The van der Waals surface area contributed by atoms with Gasteiger partial charge in [-0.15, -0.1) is 0 Å². The Kier molecular flexibility index (Phi) is 3.81. The van der Waals surface area contributed by atoms with E-state index in [2.05, 4.69) is 9.97 Å². The third kappa shape index (κ3) is 3.02. The van der Waals surface area contributed by atoms with E-state index in [9.17, 15) is 4.79 Å². The Balaban J connectivity index is 1.87. The van der Waals surface area contributed by atoms with Crippen LogP contribution in [0.5, 0.6) is 0 Å².